The highest BCUT2D eigenvalue weighted by molar-refractivity contribution is 6.29. The van der Waals surface area contributed by atoms with Crippen LogP contribution in [0.2, 0.25) is 0 Å². The van der Waals surface area contributed by atoms with Gasteiger partial charge in [0.25, 0.3) is 0 Å². The lowest BCUT2D eigenvalue weighted by Gasteiger charge is -2.34. The zero-order chi connectivity index (χ0) is 47.3. The zero-order valence-corrected chi connectivity index (χ0v) is 38.4. The van der Waals surface area contributed by atoms with Crippen molar-refractivity contribution >= 4 is 66.4 Å². The van der Waals surface area contributed by atoms with Crippen LogP contribution < -0.4 is 9.80 Å². The summed E-state index contributed by atoms with van der Waals surface area (Å²) in [5, 5.41) is 46.5. The average Bonchev–Trinajstić information content (AvgIpc) is 3.37. The van der Waals surface area contributed by atoms with E-state index in [1.54, 1.807) is 0 Å². The minimum Gasteiger partial charge on any atom is -0.309 e. The van der Waals surface area contributed by atoms with Crippen molar-refractivity contribution in [3.8, 4) is 46.5 Å². The quantitative estimate of drug-likeness (QED) is 0.141. The molecule has 0 aliphatic carbocycles. The fraction of sp³-hybridized carbons (Fsp3) is 0.0968. The Bertz CT molecular complexity index is 3560. The molecule has 10 aromatic rings. The molecule has 0 aliphatic heterocycles. The number of hydrogen-bond acceptors (Lipinski definition) is 6. The van der Waals surface area contributed by atoms with Gasteiger partial charge < -0.3 is 9.80 Å². The number of benzene rings is 10. The van der Waals surface area contributed by atoms with E-state index in [1.165, 1.54) is 5.56 Å². The lowest BCUT2D eigenvalue weighted by molar-refractivity contribution is 0.591. The highest BCUT2D eigenvalue weighted by atomic mass is 15.2. The SMILES string of the molecule is Cc1ccc(-c2ccc(C#N)cc2)cc1N(c1cccc(C#N)c1)c1cc(N(c2cccc(C#N)c2)c2cc(-c3ccc(C#N)cc3)ccc2C)c2ccc3cc(C(C)(C)C)cc4ccc1c2c43. The second kappa shape index (κ2) is 17.0. The molecule has 0 heterocycles. The van der Waals surface area contributed by atoms with Crippen LogP contribution >= 0.6 is 0 Å². The Morgan fingerprint density at radius 3 is 1.18 bits per heavy atom. The molecule has 6 heteroatoms. The van der Waals surface area contributed by atoms with Crippen molar-refractivity contribution in [1.29, 1.82) is 21.0 Å². The van der Waals surface area contributed by atoms with Gasteiger partial charge in [0.1, 0.15) is 0 Å². The molecule has 0 spiro atoms. The minimum absolute atomic E-state index is 0.0825. The Kier molecular flexibility index (Phi) is 10.7. The van der Waals surface area contributed by atoms with Gasteiger partial charge in [-0.15, -0.1) is 0 Å². The minimum atomic E-state index is -0.0825. The summed E-state index contributed by atoms with van der Waals surface area (Å²) in [6.45, 7) is 11.0. The molecule has 68 heavy (non-hydrogen) atoms. The molecular formula is C62H44N6. The van der Waals surface area contributed by atoms with Crippen LogP contribution in [-0.4, -0.2) is 0 Å². The van der Waals surface area contributed by atoms with Crippen LogP contribution in [-0.2, 0) is 5.41 Å². The lowest BCUT2D eigenvalue weighted by atomic mass is 9.83. The van der Waals surface area contributed by atoms with E-state index in [2.05, 4.69) is 160 Å². The summed E-state index contributed by atoms with van der Waals surface area (Å²) in [4.78, 5) is 4.56. The summed E-state index contributed by atoms with van der Waals surface area (Å²) in [6.07, 6.45) is 0. The molecule has 0 unspecified atom stereocenters. The average molecular weight is 873 g/mol. The lowest BCUT2D eigenvalue weighted by Crippen LogP contribution is -2.16. The number of nitrogens with zero attached hydrogens (tertiary/aromatic N) is 6. The van der Waals surface area contributed by atoms with Gasteiger partial charge in [-0.2, -0.15) is 21.0 Å². The van der Waals surface area contributed by atoms with Crippen molar-refractivity contribution in [1.82, 2.24) is 0 Å². The number of aryl methyl sites for hydroxylation is 2. The molecule has 0 amide bonds. The van der Waals surface area contributed by atoms with Gasteiger partial charge in [0.05, 0.1) is 57.9 Å². The van der Waals surface area contributed by atoms with Crippen LogP contribution in [0.4, 0.5) is 34.1 Å². The summed E-state index contributed by atoms with van der Waals surface area (Å²) in [5.74, 6) is 0. The topological polar surface area (TPSA) is 102 Å². The van der Waals surface area contributed by atoms with E-state index >= 15 is 0 Å². The van der Waals surface area contributed by atoms with E-state index in [9.17, 15) is 21.0 Å². The van der Waals surface area contributed by atoms with Gasteiger partial charge in [-0.3, -0.25) is 0 Å². The number of nitriles is 4. The Balaban J connectivity index is 1.35. The van der Waals surface area contributed by atoms with Gasteiger partial charge in [0.2, 0.25) is 0 Å². The molecule has 6 nitrogen and oxygen atoms in total. The van der Waals surface area contributed by atoms with E-state index in [-0.39, 0.29) is 5.41 Å². The Labute approximate surface area is 397 Å². The molecule has 10 aromatic carbocycles. The molecule has 10 rings (SSSR count). The molecular weight excluding hydrogens is 829 g/mol. The van der Waals surface area contributed by atoms with Gasteiger partial charge in [-0.05, 0) is 153 Å². The molecule has 0 saturated heterocycles. The normalized spacial score (nSPS) is 11.2. The standard InChI is InChI=1S/C62H44N6/c1-39-12-18-47(45-20-14-41(35-63)15-21-45)32-56(39)67(52-10-6-8-43(28-52)37-65)58-34-59(55-27-25-50-31-51(62(3,4)5)30-49-24-26-54(58)61(55)60(49)50)68(53-11-7-9-44(29-53)38-66)57-33-48(19-13-40(57)2)46-22-16-42(36-64)17-23-46/h6-34H,1-5H3. The third-order valence-corrected chi connectivity index (χ3v) is 13.1. The molecule has 0 radical (unpaired) electrons. The van der Waals surface area contributed by atoms with Crippen molar-refractivity contribution in [3.63, 3.8) is 0 Å². The third kappa shape index (κ3) is 7.57. The van der Waals surface area contributed by atoms with Gasteiger partial charge in [-0.1, -0.05) is 118 Å². The highest BCUT2D eigenvalue weighted by Gasteiger charge is 2.27. The van der Waals surface area contributed by atoms with Crippen LogP contribution in [0.5, 0.6) is 0 Å². The largest absolute Gasteiger partial charge is 0.309 e. The first kappa shape index (κ1) is 42.7. The van der Waals surface area contributed by atoms with Gasteiger partial charge in [0, 0.05) is 38.9 Å². The molecule has 0 fully saturated rings. The maximum absolute atomic E-state index is 10.3. The first-order valence-electron chi connectivity index (χ1n) is 22.6. The maximum Gasteiger partial charge on any atom is 0.0992 e. The highest BCUT2D eigenvalue weighted by Crippen LogP contribution is 2.52. The molecule has 0 atom stereocenters. The first-order chi connectivity index (χ1) is 33.0. The predicted octanol–water partition coefficient (Wildman–Crippen LogP) is 16.3. The monoisotopic (exact) mass is 872 g/mol. The smallest absolute Gasteiger partial charge is 0.0992 e. The summed E-state index contributed by atoms with van der Waals surface area (Å²) in [5.41, 5.74) is 14.7. The first-order valence-corrected chi connectivity index (χ1v) is 22.6. The van der Waals surface area contributed by atoms with Crippen molar-refractivity contribution in [2.45, 2.75) is 40.0 Å². The van der Waals surface area contributed by atoms with E-state index in [0.29, 0.717) is 22.3 Å². The van der Waals surface area contributed by atoms with Gasteiger partial charge in [0.15, 0.2) is 0 Å². The van der Waals surface area contributed by atoms with E-state index < -0.39 is 0 Å². The predicted molar refractivity (Wildman–Crippen MR) is 277 cm³/mol. The van der Waals surface area contributed by atoms with Gasteiger partial charge >= 0.3 is 0 Å². The molecule has 0 aliphatic rings. The molecule has 0 aromatic heterocycles. The molecule has 322 valence electrons. The Morgan fingerprint density at radius 2 is 0.779 bits per heavy atom. The second-order valence-electron chi connectivity index (χ2n) is 18.4. The van der Waals surface area contributed by atoms with Crippen molar-refractivity contribution in [3.05, 3.63) is 215 Å². The summed E-state index contributed by atoms with van der Waals surface area (Å²) >= 11 is 0. The van der Waals surface area contributed by atoms with Crippen molar-refractivity contribution in [2.24, 2.45) is 0 Å². The summed E-state index contributed by atoms with van der Waals surface area (Å²) < 4.78 is 0. The molecule has 0 saturated carbocycles. The van der Waals surface area contributed by atoms with Crippen LogP contribution in [0.25, 0.3) is 54.6 Å². The Morgan fingerprint density at radius 1 is 0.368 bits per heavy atom. The van der Waals surface area contributed by atoms with E-state index in [0.717, 1.165) is 99.8 Å². The second-order valence-corrected chi connectivity index (χ2v) is 18.4. The van der Waals surface area contributed by atoms with E-state index in [1.807, 2.05) is 84.9 Å². The number of rotatable bonds is 8. The Hall–Kier alpha value is -9.20. The molecule has 0 N–H and O–H groups in total. The fourth-order valence-corrected chi connectivity index (χ4v) is 9.46. The van der Waals surface area contributed by atoms with Crippen molar-refractivity contribution in [2.75, 3.05) is 9.80 Å². The maximum atomic E-state index is 10.3. The van der Waals surface area contributed by atoms with Crippen LogP contribution in [0.3, 0.4) is 0 Å². The van der Waals surface area contributed by atoms with Crippen LogP contribution in [0, 0.1) is 59.2 Å². The van der Waals surface area contributed by atoms with Crippen molar-refractivity contribution < 1.29 is 0 Å². The number of hydrogen-bond donors (Lipinski definition) is 0. The van der Waals surface area contributed by atoms with Gasteiger partial charge in [-0.25, -0.2) is 0 Å². The number of anilines is 6. The van der Waals surface area contributed by atoms with E-state index in [4.69, 9.17) is 0 Å². The summed E-state index contributed by atoms with van der Waals surface area (Å²) in [6, 6.07) is 68.9. The van der Waals surface area contributed by atoms with Crippen LogP contribution in [0.1, 0.15) is 59.7 Å². The third-order valence-electron chi connectivity index (χ3n) is 13.1. The molecule has 0 bridgehead atoms. The van der Waals surface area contributed by atoms with Crippen LogP contribution in [0.15, 0.2) is 176 Å². The summed E-state index contributed by atoms with van der Waals surface area (Å²) in [7, 11) is 0. The fourth-order valence-electron chi connectivity index (χ4n) is 9.46. The zero-order valence-electron chi connectivity index (χ0n) is 38.4.